The molecule has 30 heavy (non-hydrogen) atoms. The predicted octanol–water partition coefficient (Wildman–Crippen LogP) is 2.60. The van der Waals surface area contributed by atoms with Crippen LogP contribution in [0, 0.1) is 0 Å². The normalized spacial score (nSPS) is 15.8. The maximum atomic E-state index is 12.8. The molecule has 2 unspecified atom stereocenters. The zero-order valence-corrected chi connectivity index (χ0v) is 18.5. The van der Waals surface area contributed by atoms with Crippen LogP contribution >= 0.6 is 0 Å². The summed E-state index contributed by atoms with van der Waals surface area (Å²) in [6, 6.07) is 6.32. The highest BCUT2D eigenvalue weighted by Crippen LogP contribution is 2.50. The third kappa shape index (κ3) is 3.92. The molecule has 160 valence electrons. The van der Waals surface area contributed by atoms with Gasteiger partial charge in [0.1, 0.15) is 0 Å². The van der Waals surface area contributed by atoms with Crippen molar-refractivity contribution in [1.29, 1.82) is 0 Å². The number of carbonyl (C=O) groups is 1. The van der Waals surface area contributed by atoms with Crippen LogP contribution in [-0.4, -0.2) is 37.7 Å². The fourth-order valence-electron chi connectivity index (χ4n) is 3.93. The van der Waals surface area contributed by atoms with Gasteiger partial charge in [0.2, 0.25) is 11.7 Å². The summed E-state index contributed by atoms with van der Waals surface area (Å²) in [4.78, 5) is 24.9. The number of methoxy groups -OCH3 is 3. The molecule has 0 saturated carbocycles. The first kappa shape index (κ1) is 21.8. The van der Waals surface area contributed by atoms with Gasteiger partial charge in [-0.05, 0) is 47.7 Å². The molecule has 0 bridgehead atoms. The third-order valence-electron chi connectivity index (χ3n) is 5.19. The Kier molecular flexibility index (Phi) is 6.45. The molecule has 0 spiro atoms. The van der Waals surface area contributed by atoms with Gasteiger partial charge in [-0.1, -0.05) is 6.07 Å². The second kappa shape index (κ2) is 8.87. The minimum atomic E-state index is -1.45. The number of nitrogens with one attached hydrogen (secondary N) is 1. The van der Waals surface area contributed by atoms with E-state index in [2.05, 4.69) is 5.32 Å². The molecule has 0 fully saturated rings. The standard InChI is InChI=1S/C22H25NO6S/c1-12(24)23-16-8-6-13-10-18(27-2)21(28-3)22(29-4)20(13)14-7-9-19(30(5)26)17(25)11-15(14)16/h7,9-11,16H,6,8H2,1-5H3,(H,23,24). The van der Waals surface area contributed by atoms with E-state index in [9.17, 15) is 13.8 Å². The van der Waals surface area contributed by atoms with Crippen molar-refractivity contribution in [1.82, 2.24) is 5.32 Å². The number of amides is 1. The molecule has 1 amide bonds. The highest BCUT2D eigenvalue weighted by atomic mass is 32.2. The maximum absolute atomic E-state index is 12.8. The lowest BCUT2D eigenvalue weighted by atomic mass is 9.95. The van der Waals surface area contributed by atoms with Crippen molar-refractivity contribution in [2.45, 2.75) is 30.7 Å². The molecular formula is C22H25NO6S. The Morgan fingerprint density at radius 3 is 2.37 bits per heavy atom. The van der Waals surface area contributed by atoms with Gasteiger partial charge in [-0.2, -0.15) is 0 Å². The van der Waals surface area contributed by atoms with Crippen molar-refractivity contribution in [3.63, 3.8) is 0 Å². The van der Waals surface area contributed by atoms with E-state index in [1.54, 1.807) is 26.4 Å². The highest BCUT2D eigenvalue weighted by Gasteiger charge is 2.29. The molecule has 1 aliphatic carbocycles. The number of hydrogen-bond donors (Lipinski definition) is 1. The Morgan fingerprint density at radius 2 is 1.80 bits per heavy atom. The first-order valence-corrected chi connectivity index (χ1v) is 11.0. The first-order chi connectivity index (χ1) is 14.3. The predicted molar refractivity (Wildman–Crippen MR) is 115 cm³/mol. The molecule has 7 nitrogen and oxygen atoms in total. The summed E-state index contributed by atoms with van der Waals surface area (Å²) < 4.78 is 28.8. The molecule has 2 atom stereocenters. The smallest absolute Gasteiger partial charge is 0.217 e. The van der Waals surface area contributed by atoms with E-state index in [0.717, 1.165) is 11.1 Å². The van der Waals surface area contributed by atoms with Crippen molar-refractivity contribution in [3.8, 4) is 28.4 Å². The molecular weight excluding hydrogens is 406 g/mol. The third-order valence-corrected chi connectivity index (χ3v) is 6.14. The monoisotopic (exact) mass is 431 g/mol. The van der Waals surface area contributed by atoms with Gasteiger partial charge >= 0.3 is 0 Å². The largest absolute Gasteiger partial charge is 0.493 e. The van der Waals surface area contributed by atoms with Crippen LogP contribution in [0.3, 0.4) is 0 Å². The molecule has 1 N–H and O–H groups in total. The lowest BCUT2D eigenvalue weighted by molar-refractivity contribution is -0.119. The molecule has 0 aromatic heterocycles. The van der Waals surface area contributed by atoms with Crippen LogP contribution < -0.4 is 25.0 Å². The average Bonchev–Trinajstić information content (AvgIpc) is 2.95. The summed E-state index contributed by atoms with van der Waals surface area (Å²) >= 11 is 0. The van der Waals surface area contributed by atoms with E-state index in [0.29, 0.717) is 41.2 Å². The van der Waals surface area contributed by atoms with Crippen LogP contribution in [0.5, 0.6) is 17.2 Å². The summed E-state index contributed by atoms with van der Waals surface area (Å²) in [7, 11) is 3.18. The van der Waals surface area contributed by atoms with E-state index in [1.807, 2.05) is 6.07 Å². The van der Waals surface area contributed by atoms with Crippen LogP contribution in [0.4, 0.5) is 0 Å². The lowest BCUT2D eigenvalue weighted by Gasteiger charge is -2.19. The number of ether oxygens (including phenoxy) is 3. The Balaban J connectivity index is 2.44. The lowest BCUT2D eigenvalue weighted by Crippen LogP contribution is -2.26. The SMILES string of the molecule is COc1cc2c(c(OC)c1OC)-c1ccc(S(C)=O)c(=O)cc1C(NC(C)=O)CC2. The minimum absolute atomic E-state index is 0.197. The Bertz CT molecular complexity index is 1080. The van der Waals surface area contributed by atoms with Crippen molar-refractivity contribution >= 4 is 16.7 Å². The van der Waals surface area contributed by atoms with Crippen molar-refractivity contribution in [2.75, 3.05) is 27.6 Å². The van der Waals surface area contributed by atoms with Gasteiger partial charge in [0.15, 0.2) is 16.9 Å². The van der Waals surface area contributed by atoms with Crippen LogP contribution in [0.25, 0.3) is 11.1 Å². The van der Waals surface area contributed by atoms with Gasteiger partial charge in [0.05, 0.1) is 43.1 Å². The molecule has 8 heteroatoms. The van der Waals surface area contributed by atoms with Crippen LogP contribution in [0.15, 0.2) is 34.0 Å². The molecule has 0 heterocycles. The number of carbonyl (C=O) groups excluding carboxylic acids is 1. The summed E-state index contributed by atoms with van der Waals surface area (Å²) in [6.45, 7) is 1.44. The minimum Gasteiger partial charge on any atom is -0.493 e. The summed E-state index contributed by atoms with van der Waals surface area (Å²) in [5, 5.41) is 2.94. The van der Waals surface area contributed by atoms with Gasteiger partial charge in [0.25, 0.3) is 0 Å². The Hall–Kier alpha value is -2.87. The topological polar surface area (TPSA) is 90.9 Å². The van der Waals surface area contributed by atoms with Crippen molar-refractivity contribution in [3.05, 3.63) is 45.6 Å². The average molecular weight is 432 g/mol. The van der Waals surface area contributed by atoms with Gasteiger partial charge in [-0.15, -0.1) is 0 Å². The number of aryl methyl sites for hydroxylation is 1. The molecule has 2 aromatic carbocycles. The molecule has 0 saturated heterocycles. The van der Waals surface area contributed by atoms with Crippen LogP contribution in [-0.2, 0) is 22.0 Å². The van der Waals surface area contributed by atoms with Gasteiger partial charge < -0.3 is 19.5 Å². The summed E-state index contributed by atoms with van der Waals surface area (Å²) in [5.74, 6) is 1.26. The fourth-order valence-corrected chi connectivity index (χ4v) is 4.53. The fraction of sp³-hybridized carbons (Fsp3) is 0.364. The number of benzene rings is 1. The number of fused-ring (bicyclic) bond motifs is 3. The molecule has 0 radical (unpaired) electrons. The van der Waals surface area contributed by atoms with Gasteiger partial charge in [-0.3, -0.25) is 13.8 Å². The molecule has 2 aromatic rings. The second-order valence-corrected chi connectivity index (χ2v) is 8.35. The maximum Gasteiger partial charge on any atom is 0.217 e. The highest BCUT2D eigenvalue weighted by molar-refractivity contribution is 7.84. The van der Waals surface area contributed by atoms with Gasteiger partial charge in [-0.25, -0.2) is 0 Å². The second-order valence-electron chi connectivity index (χ2n) is 7.00. The van der Waals surface area contributed by atoms with E-state index in [-0.39, 0.29) is 22.3 Å². The Labute approximate surface area is 177 Å². The van der Waals surface area contributed by atoms with Crippen molar-refractivity contribution < 1.29 is 23.2 Å². The van der Waals surface area contributed by atoms with E-state index < -0.39 is 10.8 Å². The van der Waals surface area contributed by atoms with Gasteiger partial charge in [0, 0.05) is 18.7 Å². The molecule has 0 aliphatic heterocycles. The zero-order chi connectivity index (χ0) is 22.0. The van der Waals surface area contributed by atoms with E-state index >= 15 is 0 Å². The quantitative estimate of drug-likeness (QED) is 0.783. The van der Waals surface area contributed by atoms with E-state index in [4.69, 9.17) is 14.2 Å². The number of rotatable bonds is 5. The Morgan fingerprint density at radius 1 is 1.10 bits per heavy atom. The molecule has 1 aliphatic rings. The molecule has 3 rings (SSSR count). The zero-order valence-electron chi connectivity index (χ0n) is 17.7. The van der Waals surface area contributed by atoms with Crippen LogP contribution in [0.2, 0.25) is 0 Å². The number of hydrogen-bond acceptors (Lipinski definition) is 6. The van der Waals surface area contributed by atoms with Crippen LogP contribution in [0.1, 0.15) is 30.5 Å². The first-order valence-electron chi connectivity index (χ1n) is 9.43. The summed E-state index contributed by atoms with van der Waals surface area (Å²) in [5.41, 5.74) is 2.73. The van der Waals surface area contributed by atoms with Crippen molar-refractivity contribution in [2.24, 2.45) is 0 Å². The summed E-state index contributed by atoms with van der Waals surface area (Å²) in [6.07, 6.45) is 2.66. The van der Waals surface area contributed by atoms with E-state index in [1.165, 1.54) is 26.4 Å².